The minimum Gasteiger partial charge on any atom is -0.730 e. The third-order valence-corrected chi connectivity index (χ3v) is 4.45. The second-order valence-corrected chi connectivity index (χ2v) is 6.96. The van der Waals surface area contributed by atoms with Gasteiger partial charge in [0.2, 0.25) is 0 Å². The summed E-state index contributed by atoms with van der Waals surface area (Å²) in [5.74, 6) is 0. The van der Waals surface area contributed by atoms with Gasteiger partial charge in [0.05, 0.1) is 11.7 Å². The normalized spacial score (nSPS) is 31.2. The number of aliphatic hydroxyl groups is 4. The van der Waals surface area contributed by atoms with Crippen molar-refractivity contribution in [3.63, 3.8) is 0 Å². The molecule has 0 unspecified atom stereocenters. The van der Waals surface area contributed by atoms with E-state index in [9.17, 15) is 28.3 Å². The molecule has 0 aromatic rings. The van der Waals surface area contributed by atoms with Crippen molar-refractivity contribution in [3.05, 3.63) is 12.7 Å². The number of allylic oxidation sites excluding steroid dienone is 1. The van der Waals surface area contributed by atoms with Gasteiger partial charge in [-0.2, -0.15) is 5.10 Å². The molecule has 0 aliphatic carbocycles. The van der Waals surface area contributed by atoms with Gasteiger partial charge in [-0.1, -0.05) is 17.8 Å². The Hall–Kier alpha value is 0.906. The predicted molar refractivity (Wildman–Crippen MR) is 81.1 cm³/mol. The van der Waals surface area contributed by atoms with Crippen LogP contribution in [0.5, 0.6) is 0 Å². The monoisotopic (exact) mass is 410 g/mol. The van der Waals surface area contributed by atoms with Crippen molar-refractivity contribution in [1.82, 2.24) is 4.83 Å². The van der Waals surface area contributed by atoms with Crippen LogP contribution < -0.4 is 56.2 Å². The van der Waals surface area contributed by atoms with Crippen LogP contribution >= 0.6 is 11.8 Å². The summed E-state index contributed by atoms with van der Waals surface area (Å²) in [6.45, 7) is 2.91. The molecule has 5 N–H and O–H groups in total. The van der Waals surface area contributed by atoms with E-state index in [4.69, 9.17) is 9.84 Å². The van der Waals surface area contributed by atoms with Crippen molar-refractivity contribution >= 4 is 27.1 Å². The van der Waals surface area contributed by atoms with Gasteiger partial charge in [-0.05, 0) is 6.42 Å². The number of hydrazone groups is 1. The summed E-state index contributed by atoms with van der Waals surface area (Å²) < 4.78 is 37.0. The molecule has 5 atom stereocenters. The van der Waals surface area contributed by atoms with Crippen LogP contribution in [-0.2, 0) is 15.0 Å². The van der Waals surface area contributed by atoms with E-state index in [1.165, 1.54) is 10.9 Å². The number of ether oxygens (including phenoxy) is 1. The van der Waals surface area contributed by atoms with Crippen LogP contribution in [-0.4, -0.2) is 74.9 Å². The fourth-order valence-corrected chi connectivity index (χ4v) is 3.15. The molecular weight excluding hydrogens is 391 g/mol. The summed E-state index contributed by atoms with van der Waals surface area (Å²) in [4.78, 5) is 1.43. The molecule has 13 heteroatoms. The quantitative estimate of drug-likeness (QED) is 0.0687. The van der Waals surface area contributed by atoms with Crippen molar-refractivity contribution in [2.45, 2.75) is 42.7 Å². The van der Waals surface area contributed by atoms with Gasteiger partial charge >= 0.3 is 51.4 Å². The molecule has 134 valence electrons. The van der Waals surface area contributed by atoms with E-state index in [1.807, 2.05) is 0 Å². The Labute approximate surface area is 186 Å². The smallest absolute Gasteiger partial charge is 0.730 e. The van der Waals surface area contributed by atoms with Crippen LogP contribution in [0.15, 0.2) is 17.8 Å². The summed E-state index contributed by atoms with van der Waals surface area (Å²) in [5, 5.41) is 41.9. The van der Waals surface area contributed by atoms with E-state index < -0.39 is 46.8 Å². The SMILES string of the molecule is C=CCC/C(=N/NS(=O)(=O)[O-])S[C@@H]1O[C@H](CO)[C@@H](O)[C@H](O)[C@H]1O.[K+]. The number of nitrogens with zero attached hydrogens (tertiary/aromatic N) is 1. The zero-order chi connectivity index (χ0) is 17.6. The molecule has 1 aliphatic rings. The predicted octanol–water partition coefficient (Wildman–Crippen LogP) is -5.15. The average molecular weight is 411 g/mol. The van der Waals surface area contributed by atoms with E-state index in [2.05, 4.69) is 11.7 Å². The maximum absolute atomic E-state index is 10.6. The maximum atomic E-state index is 10.6. The van der Waals surface area contributed by atoms with Gasteiger partial charge in [0, 0.05) is 6.42 Å². The number of nitrogens with one attached hydrogen (secondary N) is 1. The van der Waals surface area contributed by atoms with Crippen LogP contribution in [0.25, 0.3) is 0 Å². The van der Waals surface area contributed by atoms with Crippen LogP contribution in [0.4, 0.5) is 0 Å². The Balaban J connectivity index is 0.00000529. The molecule has 0 spiro atoms. The fraction of sp³-hybridized carbons (Fsp3) is 0.727. The summed E-state index contributed by atoms with van der Waals surface area (Å²) in [5.41, 5.74) is -1.12. The molecule has 0 aromatic carbocycles. The molecule has 1 heterocycles. The van der Waals surface area contributed by atoms with E-state index in [0.717, 1.165) is 11.8 Å². The number of hydrogen-bond donors (Lipinski definition) is 5. The van der Waals surface area contributed by atoms with E-state index in [-0.39, 0.29) is 62.8 Å². The van der Waals surface area contributed by atoms with Gasteiger partial charge < -0.3 is 29.7 Å². The van der Waals surface area contributed by atoms with Crippen LogP contribution in [0, 0.1) is 0 Å². The first-order valence-corrected chi connectivity index (χ1v) is 8.85. The van der Waals surface area contributed by atoms with Crippen molar-refractivity contribution in [2.24, 2.45) is 5.10 Å². The molecule has 0 radical (unpaired) electrons. The number of thioether (sulfide) groups is 1. The van der Waals surface area contributed by atoms with E-state index in [1.54, 1.807) is 0 Å². The third-order valence-electron chi connectivity index (χ3n) is 2.95. The first kappa shape index (κ1) is 24.9. The molecule has 1 aliphatic heterocycles. The number of hydrogen-bond acceptors (Lipinski definition) is 10. The fourth-order valence-electron chi connectivity index (χ4n) is 1.77. The largest absolute Gasteiger partial charge is 1.00 e. The van der Waals surface area contributed by atoms with Crippen LogP contribution in [0.3, 0.4) is 0 Å². The Morgan fingerprint density at radius 3 is 2.46 bits per heavy atom. The molecule has 0 amide bonds. The standard InChI is InChI=1S/C11H20N2O8S2.K/c1-2-3-4-7(12-13-23(18,19)20)22-11-10(17)9(16)8(15)6(5-14)21-11;/h2,6,8-11,13-17H,1,3-5H2,(H,18,19,20);/q;+1/p-1/b12-7-;/t6-,8-,9+,10-,11+;/m1./s1. The van der Waals surface area contributed by atoms with Crippen LogP contribution in [0.2, 0.25) is 0 Å². The summed E-state index contributed by atoms with van der Waals surface area (Å²) in [6.07, 6.45) is -3.51. The number of aliphatic hydroxyl groups excluding tert-OH is 4. The van der Waals surface area contributed by atoms with E-state index in [0.29, 0.717) is 6.42 Å². The van der Waals surface area contributed by atoms with Gasteiger partial charge in [-0.3, -0.25) is 0 Å². The zero-order valence-electron chi connectivity index (χ0n) is 13.0. The van der Waals surface area contributed by atoms with Crippen LogP contribution in [0.1, 0.15) is 12.8 Å². The summed E-state index contributed by atoms with van der Waals surface area (Å²) in [7, 11) is -4.79. The Kier molecular flexibility index (Phi) is 12.0. The molecule has 1 fully saturated rings. The molecular formula is C11H19KN2O8S2. The Morgan fingerprint density at radius 2 is 1.96 bits per heavy atom. The summed E-state index contributed by atoms with van der Waals surface area (Å²) >= 11 is 0.761. The van der Waals surface area contributed by atoms with E-state index >= 15 is 0 Å². The summed E-state index contributed by atoms with van der Waals surface area (Å²) in [6, 6.07) is 0. The Bertz CT molecular complexity index is 530. The second kappa shape index (κ2) is 11.6. The van der Waals surface area contributed by atoms with Gasteiger partial charge in [0.1, 0.15) is 29.9 Å². The van der Waals surface area contributed by atoms with Gasteiger partial charge in [-0.25, -0.2) is 13.2 Å². The van der Waals surface area contributed by atoms with Crippen molar-refractivity contribution in [3.8, 4) is 0 Å². The van der Waals surface area contributed by atoms with Gasteiger partial charge in [-0.15, -0.1) is 6.58 Å². The third kappa shape index (κ3) is 8.07. The van der Waals surface area contributed by atoms with Crippen molar-refractivity contribution in [2.75, 3.05) is 6.61 Å². The molecule has 1 rings (SSSR count). The van der Waals surface area contributed by atoms with Gasteiger partial charge in [0.15, 0.2) is 10.3 Å². The molecule has 10 nitrogen and oxygen atoms in total. The topological polar surface area (TPSA) is 172 Å². The maximum Gasteiger partial charge on any atom is 1.00 e. The first-order valence-electron chi connectivity index (χ1n) is 6.57. The minimum atomic E-state index is -4.79. The van der Waals surface area contributed by atoms with Gasteiger partial charge in [0.25, 0.3) is 0 Å². The average Bonchev–Trinajstić information content (AvgIpc) is 2.49. The van der Waals surface area contributed by atoms with Crippen molar-refractivity contribution in [1.29, 1.82) is 0 Å². The second-order valence-electron chi connectivity index (χ2n) is 4.69. The molecule has 0 aromatic heterocycles. The molecule has 0 saturated carbocycles. The Morgan fingerprint density at radius 1 is 1.33 bits per heavy atom. The molecule has 1 saturated heterocycles. The first-order chi connectivity index (χ1) is 10.7. The zero-order valence-corrected chi connectivity index (χ0v) is 17.7. The number of rotatable bonds is 7. The minimum absolute atomic E-state index is 0. The molecule has 24 heavy (non-hydrogen) atoms. The van der Waals surface area contributed by atoms with Crippen molar-refractivity contribution < 1.29 is 89.5 Å². The molecule has 0 bridgehead atoms.